The van der Waals surface area contributed by atoms with Crippen LogP contribution in [-0.4, -0.2) is 22.1 Å². The third kappa shape index (κ3) is 2.76. The molecule has 1 aromatic rings. The van der Waals surface area contributed by atoms with Gasteiger partial charge in [0.05, 0.1) is 0 Å². The van der Waals surface area contributed by atoms with Gasteiger partial charge in [-0.3, -0.25) is 4.79 Å². The van der Waals surface area contributed by atoms with Crippen LogP contribution in [0.3, 0.4) is 0 Å². The topological polar surface area (TPSA) is 57.5 Å². The molecule has 0 bridgehead atoms. The molecule has 4 heteroatoms. The second-order valence-corrected chi connectivity index (χ2v) is 4.30. The Morgan fingerprint density at radius 1 is 1.29 bits per heavy atom. The molecular formula is C10H11IO3. The number of hydrogen-bond acceptors (Lipinski definition) is 3. The Bertz CT molecular complexity index is 321. The monoisotopic (exact) mass is 306 g/mol. The van der Waals surface area contributed by atoms with Crippen LogP contribution in [0, 0.1) is 3.57 Å². The Kier molecular flexibility index (Phi) is 4.03. The van der Waals surface area contributed by atoms with Crippen LogP contribution in [0.5, 0.6) is 0 Å². The average molecular weight is 306 g/mol. The number of aliphatic hydroxyl groups is 2. The van der Waals surface area contributed by atoms with Gasteiger partial charge >= 0.3 is 0 Å². The summed E-state index contributed by atoms with van der Waals surface area (Å²) in [4.78, 5) is 10.8. The summed E-state index contributed by atoms with van der Waals surface area (Å²) in [5, 5.41) is 18.9. The van der Waals surface area contributed by atoms with Gasteiger partial charge in [-0.25, -0.2) is 0 Å². The average Bonchev–Trinajstić information content (AvgIpc) is 2.16. The fourth-order valence-corrected chi connectivity index (χ4v) is 1.42. The summed E-state index contributed by atoms with van der Waals surface area (Å²) in [5.41, 5.74) is 0.549. The molecule has 0 spiro atoms. The molecule has 2 N–H and O–H groups in total. The third-order valence-corrected chi connectivity index (χ3v) is 2.65. The van der Waals surface area contributed by atoms with E-state index in [1.807, 2.05) is 12.1 Å². The van der Waals surface area contributed by atoms with Crippen molar-refractivity contribution >= 4 is 28.4 Å². The highest BCUT2D eigenvalue weighted by molar-refractivity contribution is 14.1. The van der Waals surface area contributed by atoms with E-state index in [0.717, 1.165) is 3.57 Å². The Hall–Kier alpha value is -0.460. The number of halogens is 1. The minimum absolute atomic E-state index is 0.434. The number of carbonyl (C=O) groups excluding carboxylic acids is 1. The van der Waals surface area contributed by atoms with Gasteiger partial charge in [-0.1, -0.05) is 12.1 Å². The zero-order valence-electron chi connectivity index (χ0n) is 7.64. The SMILES string of the molecule is CC(=O)[C@H](O)[C@@H](O)c1ccc(I)cc1. The minimum Gasteiger partial charge on any atom is -0.385 e. The highest BCUT2D eigenvalue weighted by atomic mass is 127. The summed E-state index contributed by atoms with van der Waals surface area (Å²) in [6, 6.07) is 7.01. The second-order valence-electron chi connectivity index (χ2n) is 3.05. The van der Waals surface area contributed by atoms with Gasteiger partial charge in [0.15, 0.2) is 5.78 Å². The maximum absolute atomic E-state index is 10.8. The largest absolute Gasteiger partial charge is 0.385 e. The van der Waals surface area contributed by atoms with Crippen molar-refractivity contribution in [2.24, 2.45) is 0 Å². The van der Waals surface area contributed by atoms with Gasteiger partial charge in [0.1, 0.15) is 12.2 Å². The number of rotatable bonds is 3. The fraction of sp³-hybridized carbons (Fsp3) is 0.300. The van der Waals surface area contributed by atoms with Gasteiger partial charge in [0.2, 0.25) is 0 Å². The molecule has 0 heterocycles. The lowest BCUT2D eigenvalue weighted by molar-refractivity contribution is -0.130. The molecule has 0 aliphatic carbocycles. The molecule has 0 radical (unpaired) electrons. The molecule has 0 aliphatic heterocycles. The molecule has 0 saturated carbocycles. The molecule has 0 aromatic heterocycles. The number of benzene rings is 1. The Morgan fingerprint density at radius 2 is 1.79 bits per heavy atom. The molecule has 1 rings (SSSR count). The Labute approximate surface area is 95.9 Å². The van der Waals surface area contributed by atoms with E-state index in [0.29, 0.717) is 5.56 Å². The zero-order valence-corrected chi connectivity index (χ0v) is 9.80. The van der Waals surface area contributed by atoms with E-state index in [9.17, 15) is 15.0 Å². The standard InChI is InChI=1S/C10H11IO3/c1-6(12)9(13)10(14)7-2-4-8(11)5-3-7/h2-5,9-10,13-14H,1H3/t9-,10-/m0/s1. The fourth-order valence-electron chi connectivity index (χ4n) is 1.06. The summed E-state index contributed by atoms with van der Waals surface area (Å²) in [6.45, 7) is 1.25. The van der Waals surface area contributed by atoms with Gasteiger partial charge in [0, 0.05) is 3.57 Å². The van der Waals surface area contributed by atoms with Gasteiger partial charge in [-0.05, 0) is 47.2 Å². The van der Waals surface area contributed by atoms with Crippen LogP contribution in [-0.2, 0) is 4.79 Å². The normalized spacial score (nSPS) is 14.9. The third-order valence-electron chi connectivity index (χ3n) is 1.93. The molecule has 1 aromatic carbocycles. The molecule has 76 valence electrons. The van der Waals surface area contributed by atoms with Crippen molar-refractivity contribution in [3.8, 4) is 0 Å². The first-order valence-electron chi connectivity index (χ1n) is 4.14. The maximum Gasteiger partial charge on any atom is 0.161 e. The molecule has 0 amide bonds. The van der Waals surface area contributed by atoms with E-state index in [1.165, 1.54) is 6.92 Å². The molecule has 0 saturated heterocycles. The summed E-state index contributed by atoms with van der Waals surface area (Å²) >= 11 is 2.14. The smallest absolute Gasteiger partial charge is 0.161 e. The molecular weight excluding hydrogens is 295 g/mol. The molecule has 0 unspecified atom stereocenters. The van der Waals surface area contributed by atoms with Crippen molar-refractivity contribution in [1.29, 1.82) is 0 Å². The van der Waals surface area contributed by atoms with E-state index >= 15 is 0 Å². The van der Waals surface area contributed by atoms with Gasteiger partial charge in [0.25, 0.3) is 0 Å². The minimum atomic E-state index is -1.34. The van der Waals surface area contributed by atoms with Crippen LogP contribution in [0.1, 0.15) is 18.6 Å². The quantitative estimate of drug-likeness (QED) is 0.827. The number of aliphatic hydroxyl groups excluding tert-OH is 2. The van der Waals surface area contributed by atoms with Gasteiger partial charge in [-0.15, -0.1) is 0 Å². The number of carbonyl (C=O) groups is 1. The van der Waals surface area contributed by atoms with Crippen molar-refractivity contribution in [2.45, 2.75) is 19.1 Å². The summed E-state index contributed by atoms with van der Waals surface area (Å²) < 4.78 is 1.04. The van der Waals surface area contributed by atoms with Crippen LogP contribution >= 0.6 is 22.6 Å². The first-order chi connectivity index (χ1) is 6.52. The van der Waals surface area contributed by atoms with Crippen molar-refractivity contribution in [2.75, 3.05) is 0 Å². The summed E-state index contributed by atoms with van der Waals surface area (Å²) in [7, 11) is 0. The highest BCUT2D eigenvalue weighted by Crippen LogP contribution is 2.18. The van der Waals surface area contributed by atoms with Crippen LogP contribution in [0.2, 0.25) is 0 Å². The first-order valence-corrected chi connectivity index (χ1v) is 5.22. The lowest BCUT2D eigenvalue weighted by Gasteiger charge is -2.15. The van der Waals surface area contributed by atoms with E-state index in [4.69, 9.17) is 0 Å². The van der Waals surface area contributed by atoms with E-state index in [1.54, 1.807) is 12.1 Å². The molecule has 14 heavy (non-hydrogen) atoms. The number of Topliss-reactive ketones (excluding diaryl/α,β-unsaturated/α-hetero) is 1. The number of hydrogen-bond donors (Lipinski definition) is 2. The van der Waals surface area contributed by atoms with Crippen LogP contribution < -0.4 is 0 Å². The van der Waals surface area contributed by atoms with Gasteiger partial charge < -0.3 is 10.2 Å². The van der Waals surface area contributed by atoms with Crippen molar-refractivity contribution in [1.82, 2.24) is 0 Å². The maximum atomic E-state index is 10.8. The molecule has 2 atom stereocenters. The van der Waals surface area contributed by atoms with E-state index < -0.39 is 18.0 Å². The molecule has 0 aliphatic rings. The van der Waals surface area contributed by atoms with Crippen molar-refractivity contribution in [3.63, 3.8) is 0 Å². The molecule has 3 nitrogen and oxygen atoms in total. The van der Waals surface area contributed by atoms with E-state index in [-0.39, 0.29) is 0 Å². The van der Waals surface area contributed by atoms with Crippen molar-refractivity contribution < 1.29 is 15.0 Å². The van der Waals surface area contributed by atoms with Crippen LogP contribution in [0.25, 0.3) is 0 Å². The molecule has 0 fully saturated rings. The lowest BCUT2D eigenvalue weighted by Crippen LogP contribution is -2.25. The van der Waals surface area contributed by atoms with Crippen LogP contribution in [0.15, 0.2) is 24.3 Å². The second kappa shape index (κ2) is 4.86. The lowest BCUT2D eigenvalue weighted by atomic mass is 10.0. The van der Waals surface area contributed by atoms with E-state index in [2.05, 4.69) is 22.6 Å². The Morgan fingerprint density at radius 3 is 2.21 bits per heavy atom. The number of ketones is 1. The predicted molar refractivity (Wildman–Crippen MR) is 60.8 cm³/mol. The van der Waals surface area contributed by atoms with Crippen LogP contribution in [0.4, 0.5) is 0 Å². The first kappa shape index (κ1) is 11.6. The Balaban J connectivity index is 2.84. The van der Waals surface area contributed by atoms with Gasteiger partial charge in [-0.2, -0.15) is 0 Å². The highest BCUT2D eigenvalue weighted by Gasteiger charge is 2.21. The summed E-state index contributed by atoms with van der Waals surface area (Å²) in [5.74, 6) is -0.434. The predicted octanol–water partition coefficient (Wildman–Crippen LogP) is 1.27. The van der Waals surface area contributed by atoms with Crippen molar-refractivity contribution in [3.05, 3.63) is 33.4 Å². The zero-order chi connectivity index (χ0) is 10.7. The summed E-state index contributed by atoms with van der Waals surface area (Å²) in [6.07, 6.45) is -2.47.